The van der Waals surface area contributed by atoms with E-state index >= 15 is 0 Å². The first-order chi connectivity index (χ1) is 7.69. The van der Waals surface area contributed by atoms with E-state index in [9.17, 15) is 4.79 Å². The minimum absolute atomic E-state index is 0.330. The molecule has 0 radical (unpaired) electrons. The van der Waals surface area contributed by atoms with Crippen molar-refractivity contribution < 1.29 is 4.79 Å². The topological polar surface area (TPSA) is 73.8 Å². The van der Waals surface area contributed by atoms with Crippen LogP contribution in [0.1, 0.15) is 67.7 Å². The Morgan fingerprint density at radius 2 is 2.12 bits per heavy atom. The third-order valence-corrected chi connectivity index (χ3v) is 3.22. The molecule has 5 nitrogen and oxygen atoms in total. The highest BCUT2D eigenvalue weighted by Crippen LogP contribution is 2.42. The average molecular weight is 222 g/mol. The standard InChI is InChI=1S/C11H18N4O/c1-3-8(4-2)15-10(7-5-6-7)9(11(12)16)13-14-15/h7-8H,3-6H2,1-2H3,(H2,12,16). The molecule has 0 aliphatic heterocycles. The van der Waals surface area contributed by atoms with Crippen molar-refractivity contribution in [3.8, 4) is 0 Å². The van der Waals surface area contributed by atoms with Gasteiger partial charge in [0.1, 0.15) is 0 Å². The van der Waals surface area contributed by atoms with Crippen LogP contribution in [-0.2, 0) is 0 Å². The van der Waals surface area contributed by atoms with Crippen LogP contribution in [0.15, 0.2) is 0 Å². The molecule has 0 aromatic carbocycles. The zero-order valence-corrected chi connectivity index (χ0v) is 9.81. The number of nitrogens with two attached hydrogens (primary N) is 1. The lowest BCUT2D eigenvalue weighted by molar-refractivity contribution is 0.0994. The van der Waals surface area contributed by atoms with Gasteiger partial charge in [-0.25, -0.2) is 4.68 Å². The number of rotatable bonds is 5. The minimum Gasteiger partial charge on any atom is -0.364 e. The predicted molar refractivity (Wildman–Crippen MR) is 60.1 cm³/mol. The van der Waals surface area contributed by atoms with Crippen LogP contribution < -0.4 is 5.73 Å². The van der Waals surface area contributed by atoms with E-state index < -0.39 is 5.91 Å². The summed E-state index contributed by atoms with van der Waals surface area (Å²) in [4.78, 5) is 11.3. The molecule has 1 aromatic rings. The van der Waals surface area contributed by atoms with Crippen molar-refractivity contribution in [3.05, 3.63) is 11.4 Å². The van der Waals surface area contributed by atoms with Crippen LogP contribution in [0.2, 0.25) is 0 Å². The van der Waals surface area contributed by atoms with Crippen molar-refractivity contribution in [2.24, 2.45) is 5.73 Å². The SMILES string of the molecule is CCC(CC)n1nnc(C(N)=O)c1C1CC1. The van der Waals surface area contributed by atoms with E-state index in [0.717, 1.165) is 31.4 Å². The van der Waals surface area contributed by atoms with Crippen molar-refractivity contribution in [1.29, 1.82) is 0 Å². The van der Waals surface area contributed by atoms with E-state index in [1.54, 1.807) is 0 Å². The Morgan fingerprint density at radius 1 is 1.50 bits per heavy atom. The molecule has 0 spiro atoms. The maximum Gasteiger partial charge on any atom is 0.271 e. The Bertz CT molecular complexity index is 391. The first-order valence-corrected chi connectivity index (χ1v) is 5.93. The van der Waals surface area contributed by atoms with Crippen molar-refractivity contribution >= 4 is 5.91 Å². The largest absolute Gasteiger partial charge is 0.364 e. The van der Waals surface area contributed by atoms with Gasteiger partial charge in [-0.1, -0.05) is 19.1 Å². The first kappa shape index (κ1) is 11.1. The van der Waals surface area contributed by atoms with Crippen LogP contribution in [0.25, 0.3) is 0 Å². The lowest BCUT2D eigenvalue weighted by atomic mass is 10.1. The van der Waals surface area contributed by atoms with Crippen molar-refractivity contribution in [2.45, 2.75) is 51.5 Å². The highest BCUT2D eigenvalue weighted by molar-refractivity contribution is 5.92. The third kappa shape index (κ3) is 1.81. The van der Waals surface area contributed by atoms with Gasteiger partial charge in [-0.15, -0.1) is 5.10 Å². The molecule has 0 atom stereocenters. The van der Waals surface area contributed by atoms with Gasteiger partial charge in [-0.05, 0) is 25.7 Å². The maximum absolute atomic E-state index is 11.3. The van der Waals surface area contributed by atoms with Crippen molar-refractivity contribution in [1.82, 2.24) is 15.0 Å². The Hall–Kier alpha value is -1.39. The van der Waals surface area contributed by atoms with E-state index in [1.807, 2.05) is 4.68 Å². The Kier molecular flexibility index (Phi) is 2.94. The average Bonchev–Trinajstić information content (AvgIpc) is 3.01. The molecule has 1 fully saturated rings. The molecule has 16 heavy (non-hydrogen) atoms. The molecule has 1 amide bonds. The molecule has 2 rings (SSSR count). The van der Waals surface area contributed by atoms with Gasteiger partial charge in [-0.2, -0.15) is 0 Å². The minimum atomic E-state index is -0.459. The van der Waals surface area contributed by atoms with E-state index in [2.05, 4.69) is 24.2 Å². The summed E-state index contributed by atoms with van der Waals surface area (Å²) in [6, 6.07) is 0.330. The predicted octanol–water partition coefficient (Wildman–Crippen LogP) is 1.62. The summed E-state index contributed by atoms with van der Waals surface area (Å²) in [7, 11) is 0. The van der Waals surface area contributed by atoms with Gasteiger partial charge in [-0.3, -0.25) is 4.79 Å². The second-order valence-electron chi connectivity index (χ2n) is 4.38. The molecule has 0 bridgehead atoms. The summed E-state index contributed by atoms with van der Waals surface area (Å²) >= 11 is 0. The lowest BCUT2D eigenvalue weighted by Crippen LogP contribution is -2.16. The molecule has 88 valence electrons. The molecule has 1 saturated carbocycles. The summed E-state index contributed by atoms with van der Waals surface area (Å²) in [5, 5.41) is 8.04. The Balaban J connectivity index is 2.41. The number of carbonyl (C=O) groups is 1. The van der Waals surface area contributed by atoms with Gasteiger partial charge < -0.3 is 5.73 Å². The fraction of sp³-hybridized carbons (Fsp3) is 0.727. The summed E-state index contributed by atoms with van der Waals surface area (Å²) in [6.45, 7) is 4.24. The molecular formula is C11H18N4O. The molecule has 1 heterocycles. The smallest absolute Gasteiger partial charge is 0.271 e. The normalized spacial score (nSPS) is 15.7. The van der Waals surface area contributed by atoms with Crippen LogP contribution >= 0.6 is 0 Å². The van der Waals surface area contributed by atoms with Gasteiger partial charge >= 0.3 is 0 Å². The zero-order chi connectivity index (χ0) is 11.7. The molecule has 1 aromatic heterocycles. The van der Waals surface area contributed by atoms with Crippen LogP contribution in [0.3, 0.4) is 0 Å². The van der Waals surface area contributed by atoms with E-state index in [4.69, 9.17) is 5.73 Å². The van der Waals surface area contributed by atoms with Crippen LogP contribution in [0, 0.1) is 0 Å². The number of hydrogen-bond acceptors (Lipinski definition) is 3. The fourth-order valence-electron chi connectivity index (χ4n) is 2.12. The molecular weight excluding hydrogens is 204 g/mol. The van der Waals surface area contributed by atoms with E-state index in [-0.39, 0.29) is 0 Å². The van der Waals surface area contributed by atoms with Crippen LogP contribution in [0.4, 0.5) is 0 Å². The third-order valence-electron chi connectivity index (χ3n) is 3.22. The fourth-order valence-corrected chi connectivity index (χ4v) is 2.12. The highest BCUT2D eigenvalue weighted by atomic mass is 16.1. The molecule has 0 unspecified atom stereocenters. The first-order valence-electron chi connectivity index (χ1n) is 5.93. The van der Waals surface area contributed by atoms with Crippen molar-refractivity contribution in [3.63, 3.8) is 0 Å². The molecule has 5 heteroatoms. The number of nitrogens with zero attached hydrogens (tertiary/aromatic N) is 3. The Morgan fingerprint density at radius 3 is 2.56 bits per heavy atom. The van der Waals surface area contributed by atoms with E-state index in [0.29, 0.717) is 17.7 Å². The van der Waals surface area contributed by atoms with Gasteiger partial charge in [0, 0.05) is 5.92 Å². The number of carbonyl (C=O) groups excluding carboxylic acids is 1. The van der Waals surface area contributed by atoms with Crippen LogP contribution in [0.5, 0.6) is 0 Å². The maximum atomic E-state index is 11.3. The summed E-state index contributed by atoms with van der Waals surface area (Å²) in [5.74, 6) is -0.0165. The molecule has 1 aliphatic rings. The lowest BCUT2D eigenvalue weighted by Gasteiger charge is -2.15. The molecule has 2 N–H and O–H groups in total. The Labute approximate surface area is 95.0 Å². The van der Waals surface area contributed by atoms with Gasteiger partial charge in [0.2, 0.25) is 0 Å². The summed E-state index contributed by atoms with van der Waals surface area (Å²) < 4.78 is 1.91. The second kappa shape index (κ2) is 4.23. The number of amides is 1. The monoisotopic (exact) mass is 222 g/mol. The van der Waals surface area contributed by atoms with Crippen LogP contribution in [-0.4, -0.2) is 20.9 Å². The summed E-state index contributed by atoms with van der Waals surface area (Å²) in [6.07, 6.45) is 4.23. The van der Waals surface area contributed by atoms with Gasteiger partial charge in [0.05, 0.1) is 11.7 Å². The van der Waals surface area contributed by atoms with E-state index in [1.165, 1.54) is 0 Å². The van der Waals surface area contributed by atoms with Crippen molar-refractivity contribution in [2.75, 3.05) is 0 Å². The zero-order valence-electron chi connectivity index (χ0n) is 9.81. The summed E-state index contributed by atoms with van der Waals surface area (Å²) in [5.41, 5.74) is 6.65. The molecule has 0 saturated heterocycles. The van der Waals surface area contributed by atoms with Gasteiger partial charge in [0.25, 0.3) is 5.91 Å². The number of aromatic nitrogens is 3. The number of primary amides is 1. The quantitative estimate of drug-likeness (QED) is 0.822. The molecule has 1 aliphatic carbocycles. The van der Waals surface area contributed by atoms with Gasteiger partial charge in [0.15, 0.2) is 5.69 Å². The highest BCUT2D eigenvalue weighted by Gasteiger charge is 2.34. The second-order valence-corrected chi connectivity index (χ2v) is 4.38. The number of hydrogen-bond donors (Lipinski definition) is 1.